The first-order valence-electron chi connectivity index (χ1n) is 3.93. The molecule has 0 aromatic heterocycles. The summed E-state index contributed by atoms with van der Waals surface area (Å²) in [6.45, 7) is 0. The van der Waals surface area contributed by atoms with Crippen LogP contribution in [-0.2, 0) is 0 Å². The van der Waals surface area contributed by atoms with Gasteiger partial charge in [-0.3, -0.25) is 9.59 Å². The van der Waals surface area contributed by atoms with E-state index in [4.69, 9.17) is 9.47 Å². The molecule has 0 amide bonds. The summed E-state index contributed by atoms with van der Waals surface area (Å²) in [6, 6.07) is 3.09. The van der Waals surface area contributed by atoms with Gasteiger partial charge < -0.3 is 9.47 Å². The zero-order chi connectivity index (χ0) is 10.6. The van der Waals surface area contributed by atoms with Gasteiger partial charge in [-0.05, 0) is 12.1 Å². The Kier molecular flexibility index (Phi) is 3.23. The van der Waals surface area contributed by atoms with Crippen LogP contribution in [0.5, 0.6) is 11.5 Å². The van der Waals surface area contributed by atoms with Crippen LogP contribution in [0.2, 0.25) is 0 Å². The van der Waals surface area contributed by atoms with Crippen molar-refractivity contribution in [3.05, 3.63) is 23.3 Å². The highest BCUT2D eigenvalue weighted by molar-refractivity contribution is 5.94. The number of carbonyl (C=O) groups excluding carboxylic acids is 2. The van der Waals surface area contributed by atoms with Gasteiger partial charge in [-0.25, -0.2) is 0 Å². The first kappa shape index (κ1) is 10.2. The molecule has 0 spiro atoms. The predicted octanol–water partition coefficient (Wildman–Crippen LogP) is 1.33. The fraction of sp³-hybridized carbons (Fsp3) is 0.200. The number of rotatable bonds is 4. The number of aldehydes is 2. The average Bonchev–Trinajstić information content (AvgIpc) is 2.26. The number of hydrogen-bond donors (Lipinski definition) is 0. The second-order valence-corrected chi connectivity index (χ2v) is 2.54. The van der Waals surface area contributed by atoms with Crippen molar-refractivity contribution in [3.8, 4) is 11.5 Å². The third-order valence-electron chi connectivity index (χ3n) is 1.86. The van der Waals surface area contributed by atoms with E-state index in [0.29, 0.717) is 18.3 Å². The standard InChI is InChI=1S/C10H10O4/c1-13-9-4-3-7(5-11)8(6-12)10(9)14-2/h3-6H,1-2H3. The second-order valence-electron chi connectivity index (χ2n) is 2.54. The van der Waals surface area contributed by atoms with Crippen LogP contribution in [0.3, 0.4) is 0 Å². The monoisotopic (exact) mass is 194 g/mol. The quantitative estimate of drug-likeness (QED) is 0.678. The first-order valence-corrected chi connectivity index (χ1v) is 3.93. The van der Waals surface area contributed by atoms with Crippen LogP contribution < -0.4 is 9.47 Å². The third-order valence-corrected chi connectivity index (χ3v) is 1.86. The molecule has 0 heterocycles. The lowest BCUT2D eigenvalue weighted by Gasteiger charge is -2.10. The molecular formula is C10H10O4. The van der Waals surface area contributed by atoms with Crippen molar-refractivity contribution in [3.63, 3.8) is 0 Å². The summed E-state index contributed by atoms with van der Waals surface area (Å²) in [7, 11) is 2.88. The Morgan fingerprint density at radius 3 is 2.21 bits per heavy atom. The third kappa shape index (κ3) is 1.59. The number of hydrogen-bond acceptors (Lipinski definition) is 4. The van der Waals surface area contributed by atoms with E-state index in [0.717, 1.165) is 0 Å². The fourth-order valence-corrected chi connectivity index (χ4v) is 1.19. The summed E-state index contributed by atoms with van der Waals surface area (Å²) in [5.41, 5.74) is 0.500. The molecule has 0 aliphatic rings. The van der Waals surface area contributed by atoms with Crippen LogP contribution in [0.4, 0.5) is 0 Å². The van der Waals surface area contributed by atoms with Crippen molar-refractivity contribution in [1.29, 1.82) is 0 Å². The minimum atomic E-state index is 0.210. The molecule has 0 saturated heterocycles. The van der Waals surface area contributed by atoms with Gasteiger partial charge in [0.1, 0.15) is 0 Å². The van der Waals surface area contributed by atoms with E-state index in [1.165, 1.54) is 20.3 Å². The normalized spacial score (nSPS) is 9.29. The van der Waals surface area contributed by atoms with Crippen LogP contribution in [-0.4, -0.2) is 26.8 Å². The molecule has 0 saturated carbocycles. The second kappa shape index (κ2) is 4.41. The Balaban J connectivity index is 3.43. The Hall–Kier alpha value is -1.84. The van der Waals surface area contributed by atoms with E-state index in [1.54, 1.807) is 6.07 Å². The van der Waals surface area contributed by atoms with Gasteiger partial charge in [-0.15, -0.1) is 0 Å². The highest BCUT2D eigenvalue weighted by Crippen LogP contribution is 2.31. The summed E-state index contributed by atoms with van der Waals surface area (Å²) in [4.78, 5) is 21.3. The van der Waals surface area contributed by atoms with Crippen LogP contribution >= 0.6 is 0 Å². The summed E-state index contributed by atoms with van der Waals surface area (Å²) in [5.74, 6) is 0.715. The number of carbonyl (C=O) groups is 2. The molecule has 0 radical (unpaired) electrons. The SMILES string of the molecule is COc1ccc(C=O)c(C=O)c1OC. The lowest BCUT2D eigenvalue weighted by atomic mass is 10.1. The predicted molar refractivity (Wildman–Crippen MR) is 50.3 cm³/mol. The van der Waals surface area contributed by atoms with Gasteiger partial charge in [0.05, 0.1) is 19.8 Å². The summed E-state index contributed by atoms with van der Waals surface area (Å²) >= 11 is 0. The molecule has 0 aliphatic carbocycles. The van der Waals surface area contributed by atoms with Crippen LogP contribution in [0.15, 0.2) is 12.1 Å². The fourth-order valence-electron chi connectivity index (χ4n) is 1.19. The maximum Gasteiger partial charge on any atom is 0.171 e. The van der Waals surface area contributed by atoms with Crippen molar-refractivity contribution < 1.29 is 19.1 Å². The smallest absolute Gasteiger partial charge is 0.171 e. The lowest BCUT2D eigenvalue weighted by molar-refractivity contribution is 0.109. The number of benzene rings is 1. The van der Waals surface area contributed by atoms with Crippen molar-refractivity contribution in [2.75, 3.05) is 14.2 Å². The molecule has 1 aromatic rings. The van der Waals surface area contributed by atoms with Gasteiger partial charge in [0.2, 0.25) is 0 Å². The topological polar surface area (TPSA) is 52.6 Å². The molecule has 0 fully saturated rings. The summed E-state index contributed by atoms with van der Waals surface area (Å²) < 4.78 is 9.96. The van der Waals surface area contributed by atoms with Crippen LogP contribution in [0, 0.1) is 0 Å². The van der Waals surface area contributed by atoms with Crippen molar-refractivity contribution in [2.24, 2.45) is 0 Å². The van der Waals surface area contributed by atoms with Gasteiger partial charge in [0.25, 0.3) is 0 Å². The Morgan fingerprint density at radius 2 is 1.79 bits per heavy atom. The van der Waals surface area contributed by atoms with Crippen LogP contribution in [0.1, 0.15) is 20.7 Å². The molecule has 14 heavy (non-hydrogen) atoms. The number of methoxy groups -OCH3 is 2. The zero-order valence-corrected chi connectivity index (χ0v) is 7.94. The van der Waals surface area contributed by atoms with E-state index in [2.05, 4.69) is 0 Å². The molecule has 1 aromatic carbocycles. The summed E-state index contributed by atoms with van der Waals surface area (Å²) in [6.07, 6.45) is 1.18. The van der Waals surface area contributed by atoms with Gasteiger partial charge in [0.15, 0.2) is 24.1 Å². The van der Waals surface area contributed by atoms with Gasteiger partial charge in [-0.2, -0.15) is 0 Å². The van der Waals surface area contributed by atoms with Crippen LogP contribution in [0.25, 0.3) is 0 Å². The molecular weight excluding hydrogens is 184 g/mol. The zero-order valence-electron chi connectivity index (χ0n) is 7.94. The Morgan fingerprint density at radius 1 is 1.07 bits per heavy atom. The highest BCUT2D eigenvalue weighted by Gasteiger charge is 2.13. The van der Waals surface area contributed by atoms with Gasteiger partial charge in [0, 0.05) is 5.56 Å². The maximum absolute atomic E-state index is 10.7. The van der Waals surface area contributed by atoms with E-state index in [9.17, 15) is 9.59 Å². The van der Waals surface area contributed by atoms with Crippen molar-refractivity contribution >= 4 is 12.6 Å². The number of ether oxygens (including phenoxy) is 2. The molecule has 1 rings (SSSR count). The maximum atomic E-state index is 10.7. The lowest BCUT2D eigenvalue weighted by Crippen LogP contribution is -1.99. The molecule has 4 nitrogen and oxygen atoms in total. The highest BCUT2D eigenvalue weighted by atomic mass is 16.5. The Labute approximate surface area is 81.4 Å². The minimum absolute atomic E-state index is 0.210. The van der Waals surface area contributed by atoms with E-state index < -0.39 is 0 Å². The average molecular weight is 194 g/mol. The van der Waals surface area contributed by atoms with Gasteiger partial charge >= 0.3 is 0 Å². The van der Waals surface area contributed by atoms with Crippen molar-refractivity contribution in [1.82, 2.24) is 0 Å². The molecule has 4 heteroatoms. The molecule has 0 bridgehead atoms. The molecule has 74 valence electrons. The van der Waals surface area contributed by atoms with E-state index >= 15 is 0 Å². The largest absolute Gasteiger partial charge is 0.493 e. The summed E-state index contributed by atoms with van der Waals surface area (Å²) in [5, 5.41) is 0. The molecule has 0 N–H and O–H groups in total. The van der Waals surface area contributed by atoms with E-state index in [-0.39, 0.29) is 16.9 Å². The molecule has 0 unspecified atom stereocenters. The Bertz CT molecular complexity index is 357. The van der Waals surface area contributed by atoms with Crippen molar-refractivity contribution in [2.45, 2.75) is 0 Å². The van der Waals surface area contributed by atoms with Gasteiger partial charge in [-0.1, -0.05) is 0 Å². The van der Waals surface area contributed by atoms with E-state index in [1.807, 2.05) is 0 Å². The first-order chi connectivity index (χ1) is 6.78. The molecule has 0 atom stereocenters. The minimum Gasteiger partial charge on any atom is -0.493 e. The molecule has 0 aliphatic heterocycles.